The van der Waals surface area contributed by atoms with Crippen LogP contribution in [0, 0.1) is 0 Å². The molecule has 0 bridgehead atoms. The third kappa shape index (κ3) is 10.3. The number of nitrogens with one attached hydrogen (secondary N) is 1. The molecule has 0 unspecified atom stereocenters. The number of ether oxygens (including phenoxy) is 2. The minimum absolute atomic E-state index is 0.0138. The van der Waals surface area contributed by atoms with Gasteiger partial charge in [0, 0.05) is 19.8 Å². The summed E-state index contributed by atoms with van der Waals surface area (Å²) >= 11 is 0. The van der Waals surface area contributed by atoms with Crippen molar-refractivity contribution in [2.45, 2.75) is 13.3 Å². The van der Waals surface area contributed by atoms with Crippen LogP contribution in [0.5, 0.6) is 0 Å². The van der Waals surface area contributed by atoms with Gasteiger partial charge in [0.2, 0.25) is 10.0 Å². The average Bonchev–Trinajstić information content (AvgIpc) is 2.23. The van der Waals surface area contributed by atoms with Gasteiger partial charge in [-0.05, 0) is 13.3 Å². The topological polar surface area (TPSA) is 84.9 Å². The molecule has 0 atom stereocenters. The Labute approximate surface area is 97.0 Å². The highest BCUT2D eigenvalue weighted by molar-refractivity contribution is 7.89. The molecule has 6 nitrogen and oxygen atoms in total. The van der Waals surface area contributed by atoms with Crippen LogP contribution in [0.2, 0.25) is 0 Å². The summed E-state index contributed by atoms with van der Waals surface area (Å²) in [5.41, 5.74) is 0. The molecule has 0 aromatic rings. The predicted molar refractivity (Wildman–Crippen MR) is 60.8 cm³/mol. The second-order valence-electron chi connectivity index (χ2n) is 3.10. The second-order valence-corrected chi connectivity index (χ2v) is 5.03. The number of aliphatic hydroxyl groups excluding tert-OH is 1. The van der Waals surface area contributed by atoms with Crippen LogP contribution < -0.4 is 4.72 Å². The highest BCUT2D eigenvalue weighted by Gasteiger charge is 2.08. The fourth-order valence-corrected chi connectivity index (χ4v) is 1.89. The molecule has 0 aliphatic heterocycles. The lowest BCUT2D eigenvalue weighted by Gasteiger charge is -2.06. The minimum Gasteiger partial charge on any atom is -0.394 e. The molecule has 2 N–H and O–H groups in total. The van der Waals surface area contributed by atoms with Crippen molar-refractivity contribution < 1.29 is 23.0 Å². The van der Waals surface area contributed by atoms with Gasteiger partial charge >= 0.3 is 0 Å². The lowest BCUT2D eigenvalue weighted by molar-refractivity contribution is 0.0913. The Bertz CT molecular complexity index is 242. The molecule has 98 valence electrons. The Balaban J connectivity index is 3.43. The Kier molecular flexibility index (Phi) is 9.85. The zero-order chi connectivity index (χ0) is 12.3. The lowest BCUT2D eigenvalue weighted by Crippen LogP contribution is -2.29. The van der Waals surface area contributed by atoms with Crippen molar-refractivity contribution in [3.63, 3.8) is 0 Å². The molecule has 0 amide bonds. The quantitative estimate of drug-likeness (QED) is 0.479. The first-order chi connectivity index (χ1) is 7.62. The van der Waals surface area contributed by atoms with E-state index in [-0.39, 0.29) is 25.6 Å². The molecule has 0 rings (SSSR count). The van der Waals surface area contributed by atoms with Crippen LogP contribution in [0.3, 0.4) is 0 Å². The number of hydrogen-bond acceptors (Lipinski definition) is 5. The third-order valence-corrected chi connectivity index (χ3v) is 3.07. The fraction of sp³-hybridized carbons (Fsp3) is 1.00. The van der Waals surface area contributed by atoms with E-state index in [2.05, 4.69) is 4.72 Å². The highest BCUT2D eigenvalue weighted by atomic mass is 32.2. The third-order valence-electron chi connectivity index (χ3n) is 1.72. The summed E-state index contributed by atoms with van der Waals surface area (Å²) in [5, 5.41) is 8.42. The van der Waals surface area contributed by atoms with Crippen LogP contribution in [-0.4, -0.2) is 58.9 Å². The van der Waals surface area contributed by atoms with Crippen LogP contribution in [-0.2, 0) is 19.5 Å². The molecule has 0 aromatic heterocycles. The summed E-state index contributed by atoms with van der Waals surface area (Å²) in [7, 11) is -3.23. The lowest BCUT2D eigenvalue weighted by atomic mass is 10.5. The van der Waals surface area contributed by atoms with Gasteiger partial charge in [-0.25, -0.2) is 13.1 Å². The average molecular weight is 255 g/mol. The van der Waals surface area contributed by atoms with Gasteiger partial charge in [0.1, 0.15) is 0 Å². The van der Waals surface area contributed by atoms with Gasteiger partial charge in [-0.3, -0.25) is 0 Å². The molecule has 0 spiro atoms. The van der Waals surface area contributed by atoms with E-state index in [1.807, 2.05) is 6.92 Å². The van der Waals surface area contributed by atoms with Crippen LogP contribution >= 0.6 is 0 Å². The maximum Gasteiger partial charge on any atom is 0.213 e. The second kappa shape index (κ2) is 9.98. The van der Waals surface area contributed by atoms with E-state index in [0.29, 0.717) is 26.2 Å². The molecule has 16 heavy (non-hydrogen) atoms. The number of hydrogen-bond donors (Lipinski definition) is 2. The molecule has 0 fully saturated rings. The molecular weight excluding hydrogens is 234 g/mol. The maximum atomic E-state index is 11.3. The predicted octanol–water partition coefficient (Wildman–Crippen LogP) is -0.659. The first kappa shape index (κ1) is 15.8. The summed E-state index contributed by atoms with van der Waals surface area (Å²) < 4.78 is 35.0. The molecule has 0 saturated heterocycles. The molecule has 0 radical (unpaired) electrons. The van der Waals surface area contributed by atoms with Crippen molar-refractivity contribution >= 4 is 10.0 Å². The van der Waals surface area contributed by atoms with Crippen LogP contribution in [0.25, 0.3) is 0 Å². The summed E-state index contributed by atoms with van der Waals surface area (Å²) in [6, 6.07) is 0. The summed E-state index contributed by atoms with van der Waals surface area (Å²) in [6.45, 7) is 3.61. The molecule has 0 aliphatic carbocycles. The first-order valence-electron chi connectivity index (χ1n) is 5.36. The van der Waals surface area contributed by atoms with E-state index in [9.17, 15) is 8.42 Å². The Morgan fingerprint density at radius 2 is 1.94 bits per heavy atom. The highest BCUT2D eigenvalue weighted by Crippen LogP contribution is 1.88. The van der Waals surface area contributed by atoms with E-state index < -0.39 is 10.0 Å². The minimum atomic E-state index is -3.23. The van der Waals surface area contributed by atoms with Gasteiger partial charge in [0.15, 0.2) is 0 Å². The zero-order valence-electron chi connectivity index (χ0n) is 9.65. The van der Waals surface area contributed by atoms with Gasteiger partial charge in [-0.2, -0.15) is 0 Å². The van der Waals surface area contributed by atoms with Crippen LogP contribution in [0.4, 0.5) is 0 Å². The normalized spacial score (nSPS) is 11.9. The summed E-state index contributed by atoms with van der Waals surface area (Å²) in [5.74, 6) is -0.0155. The van der Waals surface area contributed by atoms with Crippen molar-refractivity contribution in [1.82, 2.24) is 4.72 Å². The van der Waals surface area contributed by atoms with E-state index >= 15 is 0 Å². The Morgan fingerprint density at radius 3 is 2.56 bits per heavy atom. The van der Waals surface area contributed by atoms with Crippen molar-refractivity contribution in [3.05, 3.63) is 0 Å². The van der Waals surface area contributed by atoms with Gasteiger partial charge in [0.25, 0.3) is 0 Å². The smallest absolute Gasteiger partial charge is 0.213 e. The summed E-state index contributed by atoms with van der Waals surface area (Å²) in [6.07, 6.45) is 0.591. The number of sulfonamides is 1. The molecule has 7 heteroatoms. The van der Waals surface area contributed by atoms with Gasteiger partial charge in [-0.15, -0.1) is 0 Å². The Hall–Kier alpha value is -0.210. The molecule has 0 aromatic carbocycles. The van der Waals surface area contributed by atoms with E-state index in [1.165, 1.54) is 0 Å². The SMILES string of the molecule is CCOCCS(=O)(=O)NCCCOCCO. The van der Waals surface area contributed by atoms with Gasteiger partial charge < -0.3 is 14.6 Å². The van der Waals surface area contributed by atoms with Gasteiger partial charge in [0.05, 0.1) is 25.6 Å². The van der Waals surface area contributed by atoms with Gasteiger partial charge in [-0.1, -0.05) is 0 Å². The van der Waals surface area contributed by atoms with Crippen molar-refractivity contribution in [1.29, 1.82) is 0 Å². The van der Waals surface area contributed by atoms with Crippen LogP contribution in [0.1, 0.15) is 13.3 Å². The van der Waals surface area contributed by atoms with E-state index in [0.717, 1.165) is 0 Å². The largest absolute Gasteiger partial charge is 0.394 e. The van der Waals surface area contributed by atoms with E-state index in [1.54, 1.807) is 0 Å². The zero-order valence-corrected chi connectivity index (χ0v) is 10.5. The Morgan fingerprint density at radius 1 is 1.19 bits per heavy atom. The van der Waals surface area contributed by atoms with Crippen molar-refractivity contribution in [2.75, 3.05) is 45.3 Å². The first-order valence-corrected chi connectivity index (χ1v) is 7.01. The van der Waals surface area contributed by atoms with E-state index in [4.69, 9.17) is 14.6 Å². The molecular formula is C9H21NO5S. The number of rotatable bonds is 11. The van der Waals surface area contributed by atoms with Crippen molar-refractivity contribution in [3.8, 4) is 0 Å². The molecule has 0 aliphatic rings. The maximum absolute atomic E-state index is 11.3. The standard InChI is InChI=1S/C9H21NO5S/c1-2-14-8-9-16(12,13)10-4-3-6-15-7-5-11/h10-11H,2-9H2,1H3. The van der Waals surface area contributed by atoms with Crippen molar-refractivity contribution in [2.24, 2.45) is 0 Å². The monoisotopic (exact) mass is 255 g/mol. The number of aliphatic hydroxyl groups is 1. The summed E-state index contributed by atoms with van der Waals surface area (Å²) in [4.78, 5) is 0. The molecule has 0 saturated carbocycles. The van der Waals surface area contributed by atoms with Crippen LogP contribution in [0.15, 0.2) is 0 Å². The molecule has 0 heterocycles. The fourth-order valence-electron chi connectivity index (χ4n) is 0.954.